The fourth-order valence-corrected chi connectivity index (χ4v) is 3.10. The first-order chi connectivity index (χ1) is 13.0. The van der Waals surface area contributed by atoms with E-state index in [0.717, 1.165) is 11.4 Å². The third-order valence-electron chi connectivity index (χ3n) is 3.76. The zero-order valence-electron chi connectivity index (χ0n) is 16.2. The van der Waals surface area contributed by atoms with Gasteiger partial charge < -0.3 is 20.7 Å². The van der Waals surface area contributed by atoms with Gasteiger partial charge in [-0.3, -0.25) is 9.79 Å². The summed E-state index contributed by atoms with van der Waals surface area (Å²) in [4.78, 5) is 20.9. The van der Waals surface area contributed by atoms with Gasteiger partial charge in [-0.1, -0.05) is 12.1 Å². The van der Waals surface area contributed by atoms with Gasteiger partial charge in [0, 0.05) is 20.1 Å². The molecule has 7 nitrogen and oxygen atoms in total. The highest BCUT2D eigenvalue weighted by Crippen LogP contribution is 2.14. The number of hydrogen-bond donors (Lipinski definition) is 3. The van der Waals surface area contributed by atoms with Gasteiger partial charge in [0.1, 0.15) is 16.7 Å². The normalized spacial score (nSPS) is 12.4. The second-order valence-corrected chi connectivity index (χ2v) is 7.00. The smallest absolute Gasteiger partial charge is 0.263 e. The van der Waals surface area contributed by atoms with Crippen LogP contribution in [0, 0.1) is 13.8 Å². The summed E-state index contributed by atoms with van der Waals surface area (Å²) in [5, 5.41) is 9.26. The first-order valence-corrected chi connectivity index (χ1v) is 9.73. The zero-order valence-corrected chi connectivity index (χ0v) is 17.0. The van der Waals surface area contributed by atoms with E-state index in [-0.39, 0.29) is 12.0 Å². The highest BCUT2D eigenvalue weighted by molar-refractivity contribution is 7.11. The zero-order chi connectivity index (χ0) is 19.6. The Labute approximate surface area is 164 Å². The van der Waals surface area contributed by atoms with Crippen molar-refractivity contribution in [2.24, 2.45) is 4.99 Å². The number of ether oxygens (including phenoxy) is 1. The van der Waals surface area contributed by atoms with Gasteiger partial charge in [0.25, 0.3) is 5.91 Å². The lowest BCUT2D eigenvalue weighted by molar-refractivity contribution is 0.0957. The summed E-state index contributed by atoms with van der Waals surface area (Å²) in [5.41, 5.74) is 3.60. The fraction of sp³-hybridized carbons (Fsp3) is 0.421. The topological polar surface area (TPSA) is 87.6 Å². The van der Waals surface area contributed by atoms with Crippen molar-refractivity contribution < 1.29 is 9.53 Å². The van der Waals surface area contributed by atoms with Gasteiger partial charge in [-0.25, -0.2) is 4.98 Å². The van der Waals surface area contributed by atoms with Crippen LogP contribution in [0.5, 0.6) is 5.75 Å². The van der Waals surface area contributed by atoms with Crippen molar-refractivity contribution in [1.82, 2.24) is 20.9 Å². The van der Waals surface area contributed by atoms with Crippen LogP contribution in [0.3, 0.4) is 0 Å². The molecule has 0 aliphatic rings. The van der Waals surface area contributed by atoms with E-state index in [1.165, 1.54) is 16.9 Å². The monoisotopic (exact) mass is 389 g/mol. The number of hydrogen-bond acceptors (Lipinski definition) is 5. The SMILES string of the molecule is CN=C(NCCNC(=O)c1scnc1C)NCC(C)Oc1cccc(C)c1. The van der Waals surface area contributed by atoms with Crippen molar-refractivity contribution in [3.05, 3.63) is 45.9 Å². The molecule has 8 heteroatoms. The lowest BCUT2D eigenvalue weighted by Gasteiger charge is -2.18. The molecule has 0 aliphatic carbocycles. The van der Waals surface area contributed by atoms with Crippen molar-refractivity contribution in [2.75, 3.05) is 26.7 Å². The van der Waals surface area contributed by atoms with E-state index in [1.54, 1.807) is 12.6 Å². The summed E-state index contributed by atoms with van der Waals surface area (Å²) < 4.78 is 5.89. The Kier molecular flexibility index (Phi) is 8.06. The van der Waals surface area contributed by atoms with E-state index in [0.29, 0.717) is 30.5 Å². The summed E-state index contributed by atoms with van der Waals surface area (Å²) in [6.07, 6.45) is -0.0145. The number of rotatable bonds is 8. The molecular weight excluding hydrogens is 362 g/mol. The minimum atomic E-state index is -0.0973. The average Bonchev–Trinajstić information content (AvgIpc) is 3.07. The minimum absolute atomic E-state index is 0.0145. The molecule has 0 aliphatic heterocycles. The van der Waals surface area contributed by atoms with Gasteiger partial charge in [-0.15, -0.1) is 11.3 Å². The largest absolute Gasteiger partial charge is 0.489 e. The third kappa shape index (κ3) is 6.90. The van der Waals surface area contributed by atoms with Crippen LogP contribution in [-0.2, 0) is 0 Å². The lowest BCUT2D eigenvalue weighted by Crippen LogP contribution is -2.44. The molecule has 2 aromatic rings. The van der Waals surface area contributed by atoms with Crippen molar-refractivity contribution in [3.63, 3.8) is 0 Å². The molecule has 0 saturated heterocycles. The van der Waals surface area contributed by atoms with Crippen molar-refractivity contribution in [2.45, 2.75) is 26.9 Å². The summed E-state index contributed by atoms with van der Waals surface area (Å²) in [6.45, 7) is 7.54. The maximum atomic E-state index is 12.0. The van der Waals surface area contributed by atoms with E-state index in [9.17, 15) is 4.79 Å². The molecule has 1 heterocycles. The van der Waals surface area contributed by atoms with E-state index >= 15 is 0 Å². The van der Waals surface area contributed by atoms with Gasteiger partial charge in [-0.05, 0) is 38.5 Å². The summed E-state index contributed by atoms with van der Waals surface area (Å²) in [6, 6.07) is 7.98. The molecule has 0 saturated carbocycles. The number of nitrogens with zero attached hydrogens (tertiary/aromatic N) is 2. The molecule has 1 aromatic carbocycles. The highest BCUT2D eigenvalue weighted by Gasteiger charge is 2.11. The highest BCUT2D eigenvalue weighted by atomic mass is 32.1. The Morgan fingerprint density at radius 1 is 1.26 bits per heavy atom. The second-order valence-electron chi connectivity index (χ2n) is 6.15. The molecule has 0 fully saturated rings. The first kappa shape index (κ1) is 20.7. The molecule has 1 unspecified atom stereocenters. The molecular formula is C19H27N5O2S. The van der Waals surface area contributed by atoms with E-state index in [1.807, 2.05) is 45.0 Å². The van der Waals surface area contributed by atoms with Crippen LogP contribution in [0.4, 0.5) is 0 Å². The number of amides is 1. The average molecular weight is 390 g/mol. The Balaban J connectivity index is 1.66. The molecule has 1 atom stereocenters. The number of aromatic nitrogens is 1. The number of aliphatic imine (C=N–C) groups is 1. The first-order valence-electron chi connectivity index (χ1n) is 8.85. The standard InChI is InChI=1S/C19H27N5O2S/c1-13-6-5-7-16(10-13)26-14(2)11-23-19(20-4)22-9-8-21-18(25)17-15(3)24-12-27-17/h5-7,10,12,14H,8-9,11H2,1-4H3,(H,21,25)(H2,20,22,23). The number of guanidine groups is 1. The molecule has 1 amide bonds. The number of thiazole rings is 1. The predicted molar refractivity (Wildman–Crippen MR) is 110 cm³/mol. The minimum Gasteiger partial charge on any atom is -0.489 e. The van der Waals surface area contributed by atoms with Crippen LogP contribution in [0.2, 0.25) is 0 Å². The maximum Gasteiger partial charge on any atom is 0.263 e. The van der Waals surface area contributed by atoms with E-state index < -0.39 is 0 Å². The number of carbonyl (C=O) groups excluding carboxylic acids is 1. The quantitative estimate of drug-likeness (QED) is 0.366. The van der Waals surface area contributed by atoms with Crippen molar-refractivity contribution in [1.29, 1.82) is 0 Å². The molecule has 1 aromatic heterocycles. The number of nitrogens with one attached hydrogen (secondary N) is 3. The molecule has 0 radical (unpaired) electrons. The van der Waals surface area contributed by atoms with E-state index in [4.69, 9.17) is 4.74 Å². The van der Waals surface area contributed by atoms with Crippen LogP contribution in [0.15, 0.2) is 34.8 Å². The number of aryl methyl sites for hydroxylation is 2. The van der Waals surface area contributed by atoms with Gasteiger partial charge in [0.2, 0.25) is 0 Å². The fourth-order valence-electron chi connectivity index (χ4n) is 2.38. The van der Waals surface area contributed by atoms with Gasteiger partial charge >= 0.3 is 0 Å². The van der Waals surface area contributed by atoms with Crippen LogP contribution < -0.4 is 20.7 Å². The molecule has 0 spiro atoms. The number of carbonyl (C=O) groups is 1. The predicted octanol–water partition coefficient (Wildman–Crippen LogP) is 2.12. The Bertz CT molecular complexity index is 775. The summed E-state index contributed by atoms with van der Waals surface area (Å²) >= 11 is 1.35. The molecule has 0 bridgehead atoms. The second kappa shape index (κ2) is 10.5. The van der Waals surface area contributed by atoms with Crippen LogP contribution in [-0.4, -0.2) is 49.6 Å². The summed E-state index contributed by atoms with van der Waals surface area (Å²) in [7, 11) is 1.71. The van der Waals surface area contributed by atoms with Crippen molar-refractivity contribution >= 4 is 23.2 Å². The van der Waals surface area contributed by atoms with Crippen LogP contribution >= 0.6 is 11.3 Å². The van der Waals surface area contributed by atoms with Crippen molar-refractivity contribution in [3.8, 4) is 5.75 Å². The maximum absolute atomic E-state index is 12.0. The molecule has 3 N–H and O–H groups in total. The van der Waals surface area contributed by atoms with Gasteiger partial charge in [-0.2, -0.15) is 0 Å². The molecule has 27 heavy (non-hydrogen) atoms. The molecule has 2 rings (SSSR count). The number of benzene rings is 1. The summed E-state index contributed by atoms with van der Waals surface area (Å²) in [5.74, 6) is 1.42. The Morgan fingerprint density at radius 2 is 2.04 bits per heavy atom. The van der Waals surface area contributed by atoms with Crippen LogP contribution in [0.1, 0.15) is 27.9 Å². The van der Waals surface area contributed by atoms with Gasteiger partial charge in [0.15, 0.2) is 5.96 Å². The van der Waals surface area contributed by atoms with E-state index in [2.05, 4.69) is 25.9 Å². The Hall–Kier alpha value is -2.61. The lowest BCUT2D eigenvalue weighted by atomic mass is 10.2. The molecule has 146 valence electrons. The Morgan fingerprint density at radius 3 is 2.70 bits per heavy atom. The third-order valence-corrected chi connectivity index (χ3v) is 4.69. The van der Waals surface area contributed by atoms with Crippen LogP contribution in [0.25, 0.3) is 0 Å². The van der Waals surface area contributed by atoms with Gasteiger partial charge in [0.05, 0.1) is 17.7 Å².